The van der Waals surface area contributed by atoms with Crippen molar-refractivity contribution in [3.8, 4) is 0 Å². The number of carbonyl (C=O) groups excluding carboxylic acids is 3. The number of alkyl halides is 1. The summed E-state index contributed by atoms with van der Waals surface area (Å²) in [6, 6.07) is 0. The molecular formula is C29H41FO8S2. The molecule has 0 spiro atoms. The number of halogens is 1. The van der Waals surface area contributed by atoms with E-state index in [1.165, 1.54) is 12.2 Å². The first-order chi connectivity index (χ1) is 18.4. The summed E-state index contributed by atoms with van der Waals surface area (Å²) >= 11 is 1.57. The van der Waals surface area contributed by atoms with Crippen LogP contribution in [0, 0.1) is 28.6 Å². The Morgan fingerprint density at radius 3 is 2.55 bits per heavy atom. The topological polar surface area (TPSA) is 124 Å². The van der Waals surface area contributed by atoms with E-state index in [2.05, 4.69) is 0 Å². The van der Waals surface area contributed by atoms with Crippen molar-refractivity contribution in [1.29, 1.82) is 0 Å². The summed E-state index contributed by atoms with van der Waals surface area (Å²) in [6.45, 7) is 8.41. The number of aliphatic hydroxyl groups excluding tert-OH is 1. The van der Waals surface area contributed by atoms with Gasteiger partial charge in [0.15, 0.2) is 17.1 Å². The van der Waals surface area contributed by atoms with Crippen LogP contribution in [0.15, 0.2) is 23.8 Å². The van der Waals surface area contributed by atoms with Crippen LogP contribution < -0.4 is 0 Å². The van der Waals surface area contributed by atoms with Crippen molar-refractivity contribution in [3.63, 3.8) is 0 Å². The molecule has 224 valence electrons. The lowest BCUT2D eigenvalue weighted by molar-refractivity contribution is -0.228. The maximum atomic E-state index is 17.5. The smallest absolute Gasteiger partial charge is 0.307 e. The fourth-order valence-corrected chi connectivity index (χ4v) is 9.35. The van der Waals surface area contributed by atoms with Gasteiger partial charge < -0.3 is 9.84 Å². The van der Waals surface area contributed by atoms with Gasteiger partial charge in [-0.05, 0) is 55.9 Å². The molecule has 3 saturated carbocycles. The molecule has 40 heavy (non-hydrogen) atoms. The Labute approximate surface area is 240 Å². The number of Topliss-reactive ketones (excluding diaryl/α,β-unsaturated/α-hetero) is 1. The van der Waals surface area contributed by atoms with E-state index in [1.54, 1.807) is 38.6 Å². The van der Waals surface area contributed by atoms with Crippen molar-refractivity contribution in [1.82, 2.24) is 0 Å². The zero-order chi connectivity index (χ0) is 29.9. The van der Waals surface area contributed by atoms with Gasteiger partial charge in [-0.25, -0.2) is 4.39 Å². The highest BCUT2D eigenvalue weighted by Crippen LogP contribution is 2.71. The molecule has 4 aliphatic rings. The van der Waals surface area contributed by atoms with Crippen molar-refractivity contribution in [2.45, 2.75) is 89.3 Å². The maximum absolute atomic E-state index is 17.5. The van der Waals surface area contributed by atoms with Crippen molar-refractivity contribution in [3.05, 3.63) is 23.8 Å². The number of hydrogen-bond donors (Lipinski definition) is 1. The second kappa shape index (κ2) is 10.6. The summed E-state index contributed by atoms with van der Waals surface area (Å²) in [4.78, 5) is 39.3. The second-order valence-electron chi connectivity index (χ2n) is 12.7. The Balaban J connectivity index is 1.76. The van der Waals surface area contributed by atoms with Gasteiger partial charge in [-0.15, -0.1) is 0 Å². The molecule has 0 radical (unpaired) electrons. The van der Waals surface area contributed by atoms with E-state index in [0.29, 0.717) is 35.8 Å². The van der Waals surface area contributed by atoms with Gasteiger partial charge in [-0.2, -0.15) is 20.2 Å². The lowest BCUT2D eigenvalue weighted by Crippen LogP contribution is -2.70. The molecule has 3 fully saturated rings. The third kappa shape index (κ3) is 4.82. The third-order valence-corrected chi connectivity index (χ3v) is 11.7. The van der Waals surface area contributed by atoms with Gasteiger partial charge in [0.05, 0.1) is 18.8 Å². The lowest BCUT2D eigenvalue weighted by Gasteiger charge is -2.62. The molecule has 4 rings (SSSR count). The average molecular weight is 601 g/mol. The SMILES string of the molecule is CC(C)SCCC(=O)O[C@]1(C(=O)COS(C)(=O)=O)[C@H](C)C[C@H]2[C@@H]3CCC4=CC(=O)C=C[C@]4(C)[C@@]3(F)[C@@H](O)C[C@@]21C. The minimum absolute atomic E-state index is 0.0440. The van der Waals surface area contributed by atoms with E-state index in [1.807, 2.05) is 13.8 Å². The van der Waals surface area contributed by atoms with Crippen LogP contribution in [0.25, 0.3) is 0 Å². The predicted octanol–water partition coefficient (Wildman–Crippen LogP) is 3.96. The highest BCUT2D eigenvalue weighted by atomic mass is 32.2. The molecule has 4 aliphatic carbocycles. The number of aliphatic hydroxyl groups is 1. The standard InChI is InChI=1S/C29H41FO8S2/c1-17(2)39-12-10-25(34)38-29(24(33)16-37-40(6,35)36)18(3)13-22-21-8-7-19-14-20(31)9-11-26(19,4)28(21,30)23(32)15-27(22,29)5/h9,11,14,17-18,21-23,32H,7-8,10,12-13,15-16H2,1-6H3/t18-,21+,22+,23+,26+,27+,28+,29+/m1/s1. The molecule has 8 nitrogen and oxygen atoms in total. The van der Waals surface area contributed by atoms with Crippen LogP contribution in [0.2, 0.25) is 0 Å². The molecule has 1 N–H and O–H groups in total. The van der Waals surface area contributed by atoms with Crippen molar-refractivity contribution < 1.29 is 41.2 Å². The van der Waals surface area contributed by atoms with Crippen LogP contribution in [0.1, 0.15) is 66.7 Å². The average Bonchev–Trinajstić information content (AvgIpc) is 3.05. The Hall–Kier alpha value is -1.56. The van der Waals surface area contributed by atoms with E-state index in [0.717, 1.165) is 6.26 Å². The van der Waals surface area contributed by atoms with Gasteiger partial charge in [-0.3, -0.25) is 18.6 Å². The third-order valence-electron chi connectivity index (χ3n) is 10.0. The number of carbonyl (C=O) groups is 3. The van der Waals surface area contributed by atoms with Gasteiger partial charge in [0.2, 0.25) is 5.78 Å². The normalized spacial score (nSPS) is 40.7. The summed E-state index contributed by atoms with van der Waals surface area (Å²) < 4.78 is 52.1. The van der Waals surface area contributed by atoms with Crippen LogP contribution in [-0.2, 0) is 33.4 Å². The molecule has 0 heterocycles. The van der Waals surface area contributed by atoms with Crippen molar-refractivity contribution in [2.24, 2.45) is 28.6 Å². The molecule has 0 bridgehead atoms. The maximum Gasteiger partial charge on any atom is 0.307 e. The largest absolute Gasteiger partial charge is 0.450 e. The van der Waals surface area contributed by atoms with Gasteiger partial charge in [0.1, 0.15) is 6.61 Å². The monoisotopic (exact) mass is 600 g/mol. The minimum Gasteiger partial charge on any atom is -0.450 e. The molecule has 0 aromatic rings. The van der Waals surface area contributed by atoms with Crippen LogP contribution in [-0.4, -0.2) is 72.3 Å². The van der Waals surface area contributed by atoms with Gasteiger partial charge in [-0.1, -0.05) is 39.3 Å². The van der Waals surface area contributed by atoms with Gasteiger partial charge >= 0.3 is 5.97 Å². The minimum atomic E-state index is -3.98. The van der Waals surface area contributed by atoms with Gasteiger partial charge in [0, 0.05) is 28.4 Å². The van der Waals surface area contributed by atoms with E-state index in [-0.39, 0.29) is 18.6 Å². The Kier molecular flexibility index (Phi) is 8.33. The summed E-state index contributed by atoms with van der Waals surface area (Å²) in [5.41, 5.74) is -5.66. The molecule has 0 saturated heterocycles. The number of allylic oxidation sites excluding steroid dienone is 4. The van der Waals surface area contributed by atoms with Crippen molar-refractivity contribution >= 4 is 39.4 Å². The van der Waals surface area contributed by atoms with E-state index in [4.69, 9.17) is 8.92 Å². The first-order valence-corrected chi connectivity index (χ1v) is 16.8. The Bertz CT molecular complexity index is 1240. The second-order valence-corrected chi connectivity index (χ2v) is 16.0. The fraction of sp³-hybridized carbons (Fsp3) is 0.759. The zero-order valence-electron chi connectivity index (χ0n) is 24.1. The summed E-state index contributed by atoms with van der Waals surface area (Å²) in [7, 11) is -3.98. The lowest BCUT2D eigenvalue weighted by atomic mass is 9.44. The molecule has 0 aromatic carbocycles. The van der Waals surface area contributed by atoms with Crippen LogP contribution in [0.5, 0.6) is 0 Å². The predicted molar refractivity (Wildman–Crippen MR) is 150 cm³/mol. The first-order valence-electron chi connectivity index (χ1n) is 13.9. The molecule has 8 atom stereocenters. The van der Waals surface area contributed by atoms with Gasteiger partial charge in [0.25, 0.3) is 10.1 Å². The fourth-order valence-electron chi connectivity index (χ4n) is 8.28. The highest BCUT2D eigenvalue weighted by Gasteiger charge is 2.77. The van der Waals surface area contributed by atoms with E-state index < -0.39 is 74.4 Å². The van der Waals surface area contributed by atoms with Crippen LogP contribution in [0.3, 0.4) is 0 Å². The number of rotatable bonds is 9. The number of ketones is 2. The van der Waals surface area contributed by atoms with E-state index in [9.17, 15) is 27.9 Å². The molecule has 0 aromatic heterocycles. The zero-order valence-corrected chi connectivity index (χ0v) is 25.7. The molecular weight excluding hydrogens is 559 g/mol. The number of fused-ring (bicyclic) bond motifs is 5. The highest BCUT2D eigenvalue weighted by molar-refractivity contribution is 7.99. The van der Waals surface area contributed by atoms with Crippen molar-refractivity contribution in [2.75, 3.05) is 18.6 Å². The van der Waals surface area contributed by atoms with E-state index >= 15 is 4.39 Å². The number of thioether (sulfide) groups is 1. The number of esters is 1. The molecule has 0 unspecified atom stereocenters. The van der Waals surface area contributed by atoms with Crippen LogP contribution >= 0.6 is 11.8 Å². The summed E-state index contributed by atoms with van der Waals surface area (Å²) in [6.07, 6.45) is 4.69. The molecule has 0 amide bonds. The van der Waals surface area contributed by atoms with Crippen LogP contribution in [0.4, 0.5) is 4.39 Å². The summed E-state index contributed by atoms with van der Waals surface area (Å²) in [5.74, 6) is -2.77. The first kappa shape index (κ1) is 31.4. The molecule has 11 heteroatoms. The Morgan fingerprint density at radius 1 is 1.25 bits per heavy atom. The Morgan fingerprint density at radius 2 is 1.93 bits per heavy atom. The number of hydrogen-bond acceptors (Lipinski definition) is 9. The summed E-state index contributed by atoms with van der Waals surface area (Å²) in [5, 5.41) is 11.9. The quantitative estimate of drug-likeness (QED) is 0.309. The molecule has 0 aliphatic heterocycles. The number of ether oxygens (including phenoxy) is 1.